The number of nitrogens with two attached hydrogens (primary N) is 1. The largest absolute Gasteiger partial charge is 0.376 e. The van der Waals surface area contributed by atoms with Crippen molar-refractivity contribution in [3.8, 4) is 0 Å². The van der Waals surface area contributed by atoms with Gasteiger partial charge in [-0.1, -0.05) is 6.92 Å². The Kier molecular flexibility index (Phi) is 2.99. The zero-order chi connectivity index (χ0) is 11.9. The van der Waals surface area contributed by atoms with Gasteiger partial charge in [0.2, 0.25) is 0 Å². The Morgan fingerprint density at radius 2 is 2.53 bits per heavy atom. The van der Waals surface area contributed by atoms with E-state index in [-0.39, 0.29) is 5.54 Å². The zero-order valence-corrected chi connectivity index (χ0v) is 11.2. The number of aliphatic imine (C=N–C) groups is 1. The third-order valence-electron chi connectivity index (χ3n) is 4.40. The van der Waals surface area contributed by atoms with Gasteiger partial charge < -0.3 is 15.4 Å². The fourth-order valence-electron chi connectivity index (χ4n) is 3.22. The van der Waals surface area contributed by atoms with Gasteiger partial charge in [-0.3, -0.25) is 4.99 Å². The highest BCUT2D eigenvalue weighted by molar-refractivity contribution is 8.00. The molecule has 0 saturated carbocycles. The Hall–Kier alpha value is -0.420. The van der Waals surface area contributed by atoms with E-state index in [0.717, 1.165) is 25.7 Å². The smallest absolute Gasteiger partial charge is 0.191 e. The fraction of sp³-hybridized carbons (Fsp3) is 0.917. The molecule has 2 N–H and O–H groups in total. The van der Waals surface area contributed by atoms with Gasteiger partial charge in [0.1, 0.15) is 0 Å². The summed E-state index contributed by atoms with van der Waals surface area (Å²) in [5, 5.41) is 0.619. The van der Waals surface area contributed by atoms with E-state index in [2.05, 4.69) is 16.8 Å². The second-order valence-corrected chi connectivity index (χ2v) is 6.74. The van der Waals surface area contributed by atoms with Crippen LogP contribution in [0.25, 0.3) is 0 Å². The first-order chi connectivity index (χ1) is 8.22. The van der Waals surface area contributed by atoms with Crippen LogP contribution < -0.4 is 5.73 Å². The van der Waals surface area contributed by atoms with Crippen LogP contribution in [0.2, 0.25) is 0 Å². The number of hydrogen-bond acceptors (Lipinski definition) is 5. The lowest BCUT2D eigenvalue weighted by atomic mass is 9.91. The Bertz CT molecular complexity index is 330. The molecule has 3 aliphatic heterocycles. The Labute approximate surface area is 107 Å². The van der Waals surface area contributed by atoms with Crippen molar-refractivity contribution < 1.29 is 4.74 Å². The maximum Gasteiger partial charge on any atom is 0.191 e. The van der Waals surface area contributed by atoms with Gasteiger partial charge in [0.25, 0.3) is 0 Å². The summed E-state index contributed by atoms with van der Waals surface area (Å²) in [5.74, 6) is 1.96. The van der Waals surface area contributed by atoms with Crippen molar-refractivity contribution in [2.45, 2.75) is 43.1 Å². The summed E-state index contributed by atoms with van der Waals surface area (Å²) < 4.78 is 5.74. The summed E-state index contributed by atoms with van der Waals surface area (Å²) in [4.78, 5) is 6.84. The van der Waals surface area contributed by atoms with Crippen molar-refractivity contribution in [1.29, 1.82) is 0 Å². The van der Waals surface area contributed by atoms with E-state index in [9.17, 15) is 0 Å². The lowest BCUT2D eigenvalue weighted by Crippen LogP contribution is -2.57. The molecule has 5 heteroatoms. The molecule has 3 heterocycles. The van der Waals surface area contributed by atoms with E-state index < -0.39 is 0 Å². The first-order valence-corrected chi connectivity index (χ1v) is 7.58. The van der Waals surface area contributed by atoms with E-state index in [1.807, 2.05) is 11.8 Å². The molecular formula is C12H21N3OS. The average molecular weight is 255 g/mol. The second-order valence-electron chi connectivity index (χ2n) is 5.29. The first kappa shape index (κ1) is 11.7. The highest BCUT2D eigenvalue weighted by Crippen LogP contribution is 2.43. The van der Waals surface area contributed by atoms with Crippen LogP contribution in [0.4, 0.5) is 0 Å². The molecule has 3 unspecified atom stereocenters. The van der Waals surface area contributed by atoms with Crippen LogP contribution in [-0.4, -0.2) is 53.2 Å². The molecule has 1 spiro atoms. The second kappa shape index (κ2) is 4.35. The molecule has 3 atom stereocenters. The minimum absolute atomic E-state index is 0.181. The SMILES string of the molecule is CC1SCCC12CN=C(N)N2CC1CCCO1. The molecule has 0 aliphatic carbocycles. The molecular weight excluding hydrogens is 234 g/mol. The van der Waals surface area contributed by atoms with Gasteiger partial charge in [0.15, 0.2) is 5.96 Å². The van der Waals surface area contributed by atoms with Crippen molar-refractivity contribution in [2.75, 3.05) is 25.4 Å². The number of ether oxygens (including phenoxy) is 1. The van der Waals surface area contributed by atoms with Gasteiger partial charge in [-0.15, -0.1) is 0 Å². The third-order valence-corrected chi connectivity index (χ3v) is 5.78. The summed E-state index contributed by atoms with van der Waals surface area (Å²) in [6.45, 7) is 5.03. The van der Waals surface area contributed by atoms with Crippen molar-refractivity contribution in [1.82, 2.24) is 4.90 Å². The van der Waals surface area contributed by atoms with Gasteiger partial charge in [-0.25, -0.2) is 0 Å². The van der Waals surface area contributed by atoms with E-state index in [4.69, 9.17) is 10.5 Å². The zero-order valence-electron chi connectivity index (χ0n) is 10.4. The third kappa shape index (κ3) is 1.83. The molecule has 0 aromatic carbocycles. The van der Waals surface area contributed by atoms with Gasteiger partial charge in [-0.2, -0.15) is 11.8 Å². The molecule has 2 fully saturated rings. The number of rotatable bonds is 2. The molecule has 0 radical (unpaired) electrons. The number of hydrogen-bond donors (Lipinski definition) is 1. The highest BCUT2D eigenvalue weighted by atomic mass is 32.2. The van der Waals surface area contributed by atoms with E-state index in [0.29, 0.717) is 11.4 Å². The van der Waals surface area contributed by atoms with Crippen LogP contribution in [0.1, 0.15) is 26.2 Å². The first-order valence-electron chi connectivity index (χ1n) is 6.53. The van der Waals surface area contributed by atoms with Crippen LogP contribution >= 0.6 is 11.8 Å². The lowest BCUT2D eigenvalue weighted by Gasteiger charge is -2.40. The summed E-state index contributed by atoms with van der Waals surface area (Å²) in [7, 11) is 0. The van der Waals surface area contributed by atoms with Crippen LogP contribution in [0.15, 0.2) is 4.99 Å². The standard InChI is InChI=1S/C12H21N3OS/c1-9-12(4-6-17-9)8-14-11(13)15(12)7-10-3-2-5-16-10/h9-10H,2-8H2,1H3,(H2,13,14). The molecule has 0 amide bonds. The number of nitrogens with zero attached hydrogens (tertiary/aromatic N) is 2. The minimum atomic E-state index is 0.181. The van der Waals surface area contributed by atoms with Gasteiger partial charge in [0, 0.05) is 18.4 Å². The lowest BCUT2D eigenvalue weighted by molar-refractivity contribution is 0.0664. The summed E-state index contributed by atoms with van der Waals surface area (Å²) >= 11 is 2.05. The summed E-state index contributed by atoms with van der Waals surface area (Å²) in [6.07, 6.45) is 3.92. The molecule has 0 aromatic heterocycles. The van der Waals surface area contributed by atoms with E-state index >= 15 is 0 Å². The van der Waals surface area contributed by atoms with Crippen molar-refractivity contribution in [3.05, 3.63) is 0 Å². The van der Waals surface area contributed by atoms with E-state index in [1.54, 1.807) is 0 Å². The average Bonchev–Trinajstić information content (AvgIpc) is 2.99. The molecule has 17 heavy (non-hydrogen) atoms. The normalized spacial score (nSPS) is 41.5. The summed E-state index contributed by atoms with van der Waals surface area (Å²) in [5.41, 5.74) is 6.27. The van der Waals surface area contributed by atoms with Gasteiger partial charge >= 0.3 is 0 Å². The maximum absolute atomic E-state index is 6.08. The molecule has 3 rings (SSSR count). The molecule has 96 valence electrons. The maximum atomic E-state index is 6.08. The predicted octanol–water partition coefficient (Wildman–Crippen LogP) is 1.06. The van der Waals surface area contributed by atoms with Crippen LogP contribution in [0.5, 0.6) is 0 Å². The highest BCUT2D eigenvalue weighted by Gasteiger charge is 2.50. The van der Waals surface area contributed by atoms with Crippen LogP contribution in [-0.2, 0) is 4.74 Å². The monoisotopic (exact) mass is 255 g/mol. The predicted molar refractivity (Wildman–Crippen MR) is 71.4 cm³/mol. The van der Waals surface area contributed by atoms with Crippen molar-refractivity contribution in [2.24, 2.45) is 10.7 Å². The fourth-order valence-corrected chi connectivity index (χ4v) is 4.67. The summed E-state index contributed by atoms with van der Waals surface area (Å²) in [6, 6.07) is 0. The Morgan fingerprint density at radius 1 is 1.65 bits per heavy atom. The minimum Gasteiger partial charge on any atom is -0.376 e. The quantitative estimate of drug-likeness (QED) is 0.801. The van der Waals surface area contributed by atoms with Gasteiger partial charge in [-0.05, 0) is 25.0 Å². The van der Waals surface area contributed by atoms with Crippen molar-refractivity contribution in [3.63, 3.8) is 0 Å². The van der Waals surface area contributed by atoms with Crippen LogP contribution in [0.3, 0.4) is 0 Å². The van der Waals surface area contributed by atoms with Crippen LogP contribution in [0, 0.1) is 0 Å². The van der Waals surface area contributed by atoms with E-state index in [1.165, 1.54) is 25.0 Å². The topological polar surface area (TPSA) is 50.8 Å². The number of thioether (sulfide) groups is 1. The molecule has 2 saturated heterocycles. The molecule has 0 bridgehead atoms. The Balaban J connectivity index is 1.76. The van der Waals surface area contributed by atoms with Crippen molar-refractivity contribution >= 4 is 17.7 Å². The molecule has 4 nitrogen and oxygen atoms in total. The van der Waals surface area contributed by atoms with Gasteiger partial charge in [0.05, 0.1) is 18.2 Å². The molecule has 0 aromatic rings. The Morgan fingerprint density at radius 3 is 3.18 bits per heavy atom. The number of guanidine groups is 1. The molecule has 3 aliphatic rings.